The maximum Gasteiger partial charge on any atom is 0.137 e. The first-order valence-corrected chi connectivity index (χ1v) is 5.43. The lowest BCUT2D eigenvalue weighted by Crippen LogP contribution is -1.78. The van der Waals surface area contributed by atoms with E-state index in [2.05, 4.69) is 22.3 Å². The van der Waals surface area contributed by atoms with Crippen molar-refractivity contribution in [3.63, 3.8) is 0 Å². The van der Waals surface area contributed by atoms with Crippen molar-refractivity contribution < 1.29 is 0 Å². The number of hydrogen-bond acceptors (Lipinski definition) is 3. The fourth-order valence-electron chi connectivity index (χ4n) is 1.57. The number of nitrogens with zero attached hydrogens (tertiary/aromatic N) is 1. The number of nitrogens with one attached hydrogen (secondary N) is 1. The van der Waals surface area contributed by atoms with Crippen LogP contribution in [0.1, 0.15) is 0 Å². The Morgan fingerprint density at radius 2 is 2.07 bits per heavy atom. The van der Waals surface area contributed by atoms with Crippen LogP contribution in [0, 0.1) is 4.64 Å². The van der Waals surface area contributed by atoms with Crippen LogP contribution in [0.5, 0.6) is 0 Å². The number of aromatic amines is 1. The summed E-state index contributed by atoms with van der Waals surface area (Å²) >= 11 is 6.90. The molecule has 1 N–H and O–H groups in total. The Hall–Kier alpha value is -1.26. The number of fused-ring (bicyclic) bond motifs is 3. The summed E-state index contributed by atoms with van der Waals surface area (Å²) in [6.07, 6.45) is 1.84. The van der Waals surface area contributed by atoms with Crippen molar-refractivity contribution in [2.75, 3.05) is 0 Å². The third-order valence-corrected chi connectivity index (χ3v) is 3.83. The van der Waals surface area contributed by atoms with E-state index in [4.69, 9.17) is 12.2 Å². The second kappa shape index (κ2) is 2.87. The standard InChI is InChI=1S/C10H6N2S2/c13-10-9-7(5-11-12-10)6-3-1-2-4-8(6)14-9/h1-5H,(H,12,13). The highest BCUT2D eigenvalue weighted by atomic mass is 32.1. The van der Waals surface area contributed by atoms with Gasteiger partial charge in [-0.2, -0.15) is 5.10 Å². The predicted octanol–water partition coefficient (Wildman–Crippen LogP) is 3.51. The normalized spacial score (nSPS) is 11.1. The van der Waals surface area contributed by atoms with Gasteiger partial charge in [-0.25, -0.2) is 0 Å². The van der Waals surface area contributed by atoms with Crippen LogP contribution in [0.4, 0.5) is 0 Å². The molecule has 0 saturated carbocycles. The topological polar surface area (TPSA) is 28.7 Å². The van der Waals surface area contributed by atoms with Gasteiger partial charge in [0, 0.05) is 15.5 Å². The molecule has 0 amide bonds. The summed E-state index contributed by atoms with van der Waals surface area (Å²) in [6, 6.07) is 8.28. The van der Waals surface area contributed by atoms with Crippen molar-refractivity contribution in [2.24, 2.45) is 0 Å². The van der Waals surface area contributed by atoms with Crippen molar-refractivity contribution in [3.8, 4) is 0 Å². The SMILES string of the molecule is S=c1[nH]ncc2c1sc1ccccc12. The highest BCUT2D eigenvalue weighted by Crippen LogP contribution is 2.32. The lowest BCUT2D eigenvalue weighted by Gasteiger charge is -1.88. The molecule has 1 aromatic carbocycles. The van der Waals surface area contributed by atoms with Crippen LogP contribution >= 0.6 is 23.6 Å². The van der Waals surface area contributed by atoms with Gasteiger partial charge in [0.2, 0.25) is 0 Å². The molecule has 0 bridgehead atoms. The number of thiophene rings is 1. The zero-order valence-electron chi connectivity index (χ0n) is 7.15. The van der Waals surface area contributed by atoms with Crippen molar-refractivity contribution >= 4 is 43.7 Å². The first kappa shape index (κ1) is 8.08. The van der Waals surface area contributed by atoms with Gasteiger partial charge in [-0.05, 0) is 6.07 Å². The van der Waals surface area contributed by atoms with Gasteiger partial charge in [0.15, 0.2) is 0 Å². The van der Waals surface area contributed by atoms with Gasteiger partial charge in [0.05, 0.1) is 10.9 Å². The second-order valence-electron chi connectivity index (χ2n) is 3.04. The fourth-order valence-corrected chi connectivity index (χ4v) is 2.92. The van der Waals surface area contributed by atoms with Crippen molar-refractivity contribution in [2.45, 2.75) is 0 Å². The highest BCUT2D eigenvalue weighted by molar-refractivity contribution is 7.71. The summed E-state index contributed by atoms with van der Waals surface area (Å²) in [4.78, 5) is 0. The summed E-state index contributed by atoms with van der Waals surface area (Å²) in [5, 5.41) is 9.21. The smallest absolute Gasteiger partial charge is 0.137 e. The van der Waals surface area contributed by atoms with E-state index >= 15 is 0 Å². The maximum absolute atomic E-state index is 5.19. The molecule has 0 fully saturated rings. The molecule has 0 aliphatic carbocycles. The third kappa shape index (κ3) is 1.01. The third-order valence-electron chi connectivity index (χ3n) is 2.20. The first-order valence-electron chi connectivity index (χ1n) is 4.21. The first-order chi connectivity index (χ1) is 6.86. The van der Waals surface area contributed by atoms with Crippen LogP contribution < -0.4 is 0 Å². The monoisotopic (exact) mass is 218 g/mol. The summed E-state index contributed by atoms with van der Waals surface area (Å²) in [6.45, 7) is 0. The minimum atomic E-state index is 0.726. The lowest BCUT2D eigenvalue weighted by molar-refractivity contribution is 1.04. The van der Waals surface area contributed by atoms with Crippen molar-refractivity contribution in [3.05, 3.63) is 35.1 Å². The maximum atomic E-state index is 5.19. The fraction of sp³-hybridized carbons (Fsp3) is 0. The average Bonchev–Trinajstić information content (AvgIpc) is 2.59. The number of benzene rings is 1. The van der Waals surface area contributed by atoms with E-state index in [1.807, 2.05) is 18.3 Å². The molecule has 0 atom stereocenters. The van der Waals surface area contributed by atoms with Crippen LogP contribution in [0.3, 0.4) is 0 Å². The molecule has 3 rings (SSSR count). The molecule has 0 unspecified atom stereocenters. The van der Waals surface area contributed by atoms with E-state index in [1.54, 1.807) is 11.3 Å². The van der Waals surface area contributed by atoms with Gasteiger partial charge >= 0.3 is 0 Å². The zero-order chi connectivity index (χ0) is 9.54. The number of aromatic nitrogens is 2. The second-order valence-corrected chi connectivity index (χ2v) is 4.50. The number of hydrogen-bond donors (Lipinski definition) is 1. The predicted molar refractivity (Wildman–Crippen MR) is 62.3 cm³/mol. The molecule has 4 heteroatoms. The molecule has 68 valence electrons. The molecular weight excluding hydrogens is 212 g/mol. The van der Waals surface area contributed by atoms with E-state index in [9.17, 15) is 0 Å². The molecule has 2 aromatic heterocycles. The van der Waals surface area contributed by atoms with E-state index < -0.39 is 0 Å². The van der Waals surface area contributed by atoms with Crippen LogP contribution in [0.15, 0.2) is 30.5 Å². The van der Waals surface area contributed by atoms with Gasteiger partial charge in [0.1, 0.15) is 4.64 Å². The molecular formula is C10H6N2S2. The van der Waals surface area contributed by atoms with Gasteiger partial charge in [0.25, 0.3) is 0 Å². The summed E-state index contributed by atoms with van der Waals surface area (Å²) in [5.74, 6) is 0. The van der Waals surface area contributed by atoms with Gasteiger partial charge < -0.3 is 0 Å². The lowest BCUT2D eigenvalue weighted by atomic mass is 10.2. The Kier molecular flexibility index (Phi) is 1.65. The summed E-state index contributed by atoms with van der Waals surface area (Å²) in [5.41, 5.74) is 0. The van der Waals surface area contributed by atoms with E-state index in [-0.39, 0.29) is 0 Å². The Balaban J connectivity index is 2.70. The van der Waals surface area contributed by atoms with Gasteiger partial charge in [-0.15, -0.1) is 11.3 Å². The molecule has 0 radical (unpaired) electrons. The van der Waals surface area contributed by atoms with E-state index in [1.165, 1.54) is 10.1 Å². The number of H-pyrrole nitrogens is 1. The Bertz CT molecular complexity index is 666. The largest absolute Gasteiger partial charge is 0.267 e. The van der Waals surface area contributed by atoms with Crippen LogP contribution in [0.25, 0.3) is 20.2 Å². The van der Waals surface area contributed by atoms with Crippen molar-refractivity contribution in [1.29, 1.82) is 0 Å². The van der Waals surface area contributed by atoms with E-state index in [0.717, 1.165) is 14.7 Å². The van der Waals surface area contributed by atoms with Crippen LogP contribution in [0.2, 0.25) is 0 Å². The van der Waals surface area contributed by atoms with Gasteiger partial charge in [-0.3, -0.25) is 5.10 Å². The van der Waals surface area contributed by atoms with E-state index in [0.29, 0.717) is 0 Å². The van der Waals surface area contributed by atoms with Crippen LogP contribution in [-0.2, 0) is 0 Å². The van der Waals surface area contributed by atoms with Crippen LogP contribution in [-0.4, -0.2) is 10.2 Å². The Morgan fingerprint density at radius 1 is 1.21 bits per heavy atom. The quantitative estimate of drug-likeness (QED) is 0.585. The summed E-state index contributed by atoms with van der Waals surface area (Å²) < 4.78 is 3.11. The molecule has 2 heterocycles. The Labute approximate surface area is 89.2 Å². The molecule has 3 aromatic rings. The molecule has 2 nitrogen and oxygen atoms in total. The number of rotatable bonds is 0. The van der Waals surface area contributed by atoms with Crippen molar-refractivity contribution in [1.82, 2.24) is 10.2 Å². The average molecular weight is 218 g/mol. The molecule has 0 spiro atoms. The highest BCUT2D eigenvalue weighted by Gasteiger charge is 2.04. The van der Waals surface area contributed by atoms with Gasteiger partial charge in [-0.1, -0.05) is 30.4 Å². The Morgan fingerprint density at radius 3 is 3.00 bits per heavy atom. The molecule has 0 aliphatic rings. The molecule has 14 heavy (non-hydrogen) atoms. The molecule has 0 aliphatic heterocycles. The minimum absolute atomic E-state index is 0.726. The zero-order valence-corrected chi connectivity index (χ0v) is 8.78. The summed E-state index contributed by atoms with van der Waals surface area (Å²) in [7, 11) is 0. The molecule has 0 saturated heterocycles. The minimum Gasteiger partial charge on any atom is -0.267 e.